The third kappa shape index (κ3) is 4.58. The lowest BCUT2D eigenvalue weighted by Crippen LogP contribution is -2.42. The fourth-order valence-electron chi connectivity index (χ4n) is 1.46. The van der Waals surface area contributed by atoms with Crippen molar-refractivity contribution in [2.45, 2.75) is 26.3 Å². The second-order valence-electron chi connectivity index (χ2n) is 4.12. The molecule has 1 amide bonds. The SMILES string of the molecule is CCCS(=O)(=O)NC(C)C(=O)Nc1ccsc1C(=O)O. The lowest BCUT2D eigenvalue weighted by atomic mass is 10.3. The summed E-state index contributed by atoms with van der Waals surface area (Å²) in [4.78, 5) is 22.7. The Morgan fingerprint density at radius 3 is 2.65 bits per heavy atom. The van der Waals surface area contributed by atoms with E-state index >= 15 is 0 Å². The van der Waals surface area contributed by atoms with Crippen LogP contribution in [0, 0.1) is 0 Å². The molecule has 0 radical (unpaired) electrons. The fraction of sp³-hybridized carbons (Fsp3) is 0.455. The molecule has 1 atom stereocenters. The Morgan fingerprint density at radius 1 is 1.45 bits per heavy atom. The normalized spacial score (nSPS) is 12.9. The van der Waals surface area contributed by atoms with Crippen molar-refractivity contribution >= 4 is 38.9 Å². The van der Waals surface area contributed by atoms with E-state index in [1.54, 1.807) is 6.92 Å². The number of anilines is 1. The molecule has 112 valence electrons. The fourth-order valence-corrected chi connectivity index (χ4v) is 3.45. The number of amides is 1. The van der Waals surface area contributed by atoms with Gasteiger partial charge in [-0.05, 0) is 24.8 Å². The number of carboxylic acid groups (broad SMARTS) is 1. The molecule has 20 heavy (non-hydrogen) atoms. The van der Waals surface area contributed by atoms with Crippen LogP contribution in [0.2, 0.25) is 0 Å². The number of thiophene rings is 1. The highest BCUT2D eigenvalue weighted by atomic mass is 32.2. The van der Waals surface area contributed by atoms with Crippen LogP contribution in [-0.2, 0) is 14.8 Å². The van der Waals surface area contributed by atoms with Gasteiger partial charge in [0.2, 0.25) is 15.9 Å². The summed E-state index contributed by atoms with van der Waals surface area (Å²) in [5, 5.41) is 12.8. The van der Waals surface area contributed by atoms with Crippen LogP contribution < -0.4 is 10.0 Å². The molecule has 0 saturated carbocycles. The molecular formula is C11H16N2O5S2. The number of hydrogen-bond acceptors (Lipinski definition) is 5. The molecule has 0 fully saturated rings. The lowest BCUT2D eigenvalue weighted by molar-refractivity contribution is -0.117. The molecule has 7 nitrogen and oxygen atoms in total. The summed E-state index contributed by atoms with van der Waals surface area (Å²) < 4.78 is 25.3. The largest absolute Gasteiger partial charge is 0.477 e. The quantitative estimate of drug-likeness (QED) is 0.696. The van der Waals surface area contributed by atoms with Crippen LogP contribution >= 0.6 is 11.3 Å². The Morgan fingerprint density at radius 2 is 2.10 bits per heavy atom. The van der Waals surface area contributed by atoms with E-state index < -0.39 is 27.9 Å². The Hall–Kier alpha value is -1.45. The Kier molecular flexibility index (Phi) is 5.66. The van der Waals surface area contributed by atoms with Crippen molar-refractivity contribution in [1.29, 1.82) is 0 Å². The molecular weight excluding hydrogens is 304 g/mol. The molecule has 0 bridgehead atoms. The zero-order valence-corrected chi connectivity index (χ0v) is 12.7. The minimum Gasteiger partial charge on any atom is -0.477 e. The Balaban J connectivity index is 2.71. The standard InChI is InChI=1S/C11H16N2O5S2/c1-3-6-20(17,18)13-7(2)10(14)12-8-4-5-19-9(8)11(15)16/h4-5,7,13H,3,6H2,1-2H3,(H,12,14)(H,15,16). The van der Waals surface area contributed by atoms with Gasteiger partial charge in [-0.2, -0.15) is 0 Å². The molecule has 0 saturated heterocycles. The van der Waals surface area contributed by atoms with E-state index in [0.29, 0.717) is 6.42 Å². The maximum absolute atomic E-state index is 11.8. The van der Waals surface area contributed by atoms with Gasteiger partial charge in [0.1, 0.15) is 4.88 Å². The average Bonchev–Trinajstić information content (AvgIpc) is 2.76. The summed E-state index contributed by atoms with van der Waals surface area (Å²) in [6.07, 6.45) is 0.442. The maximum atomic E-state index is 11.8. The van der Waals surface area contributed by atoms with Gasteiger partial charge in [0.05, 0.1) is 17.5 Å². The number of carboxylic acids is 1. The van der Waals surface area contributed by atoms with Gasteiger partial charge in [-0.25, -0.2) is 17.9 Å². The molecule has 0 aliphatic heterocycles. The first-order chi connectivity index (χ1) is 9.26. The molecule has 1 rings (SSSR count). The number of aromatic carboxylic acids is 1. The van der Waals surface area contributed by atoms with Crippen molar-refractivity contribution < 1.29 is 23.1 Å². The predicted octanol–water partition coefficient (Wildman–Crippen LogP) is 1.10. The van der Waals surface area contributed by atoms with Gasteiger partial charge in [-0.3, -0.25) is 4.79 Å². The van der Waals surface area contributed by atoms with Crippen LogP contribution in [0.5, 0.6) is 0 Å². The van der Waals surface area contributed by atoms with E-state index in [4.69, 9.17) is 5.11 Å². The van der Waals surface area contributed by atoms with Crippen LogP contribution in [-0.4, -0.2) is 37.2 Å². The van der Waals surface area contributed by atoms with Crippen LogP contribution in [0.4, 0.5) is 5.69 Å². The highest BCUT2D eigenvalue weighted by molar-refractivity contribution is 7.89. The van der Waals surface area contributed by atoms with Gasteiger partial charge in [-0.15, -0.1) is 11.3 Å². The van der Waals surface area contributed by atoms with E-state index in [1.165, 1.54) is 18.4 Å². The maximum Gasteiger partial charge on any atom is 0.348 e. The number of hydrogen-bond donors (Lipinski definition) is 3. The van der Waals surface area contributed by atoms with Crippen molar-refractivity contribution in [3.63, 3.8) is 0 Å². The summed E-state index contributed by atoms with van der Waals surface area (Å²) in [6.45, 7) is 3.11. The number of sulfonamides is 1. The summed E-state index contributed by atoms with van der Waals surface area (Å²) in [7, 11) is -3.51. The third-order valence-electron chi connectivity index (χ3n) is 2.34. The Bertz CT molecular complexity index is 594. The first-order valence-electron chi connectivity index (χ1n) is 5.88. The van der Waals surface area contributed by atoms with Crippen molar-refractivity contribution in [3.8, 4) is 0 Å². The van der Waals surface area contributed by atoms with Crippen molar-refractivity contribution in [1.82, 2.24) is 4.72 Å². The summed E-state index contributed by atoms with van der Waals surface area (Å²) in [6, 6.07) is 0.479. The monoisotopic (exact) mass is 320 g/mol. The number of nitrogens with one attached hydrogen (secondary N) is 2. The molecule has 1 unspecified atom stereocenters. The molecule has 1 aromatic heterocycles. The molecule has 0 aromatic carbocycles. The number of rotatable bonds is 7. The van der Waals surface area contributed by atoms with E-state index in [9.17, 15) is 18.0 Å². The summed E-state index contributed by atoms with van der Waals surface area (Å²) in [5.74, 6) is -1.82. The van der Waals surface area contributed by atoms with Crippen molar-refractivity contribution in [2.75, 3.05) is 11.1 Å². The highest BCUT2D eigenvalue weighted by Crippen LogP contribution is 2.22. The average molecular weight is 320 g/mol. The van der Waals surface area contributed by atoms with Crippen LogP contribution in [0.3, 0.4) is 0 Å². The third-order valence-corrected chi connectivity index (χ3v) is 4.90. The van der Waals surface area contributed by atoms with E-state index in [0.717, 1.165) is 11.3 Å². The van der Waals surface area contributed by atoms with Gasteiger partial charge in [0.15, 0.2) is 0 Å². The van der Waals surface area contributed by atoms with Crippen LogP contribution in [0.15, 0.2) is 11.4 Å². The molecule has 0 aliphatic carbocycles. The summed E-state index contributed by atoms with van der Waals surface area (Å²) >= 11 is 0.980. The molecule has 0 aliphatic rings. The van der Waals surface area contributed by atoms with E-state index in [2.05, 4.69) is 10.0 Å². The van der Waals surface area contributed by atoms with Crippen molar-refractivity contribution in [2.24, 2.45) is 0 Å². The zero-order valence-electron chi connectivity index (χ0n) is 11.0. The first kappa shape index (κ1) is 16.6. The van der Waals surface area contributed by atoms with Gasteiger partial charge in [0, 0.05) is 0 Å². The van der Waals surface area contributed by atoms with Gasteiger partial charge < -0.3 is 10.4 Å². The minimum absolute atomic E-state index is 0.00182. The molecule has 1 aromatic rings. The van der Waals surface area contributed by atoms with Gasteiger partial charge in [0.25, 0.3) is 0 Å². The predicted molar refractivity (Wildman–Crippen MR) is 76.6 cm³/mol. The second-order valence-corrected chi connectivity index (χ2v) is 6.91. The van der Waals surface area contributed by atoms with Gasteiger partial charge in [-0.1, -0.05) is 6.92 Å². The Labute approximate surface area is 121 Å². The van der Waals surface area contributed by atoms with Gasteiger partial charge >= 0.3 is 5.97 Å². The minimum atomic E-state index is -3.51. The molecule has 3 N–H and O–H groups in total. The summed E-state index contributed by atoms with van der Waals surface area (Å²) in [5.41, 5.74) is 0.161. The molecule has 1 heterocycles. The highest BCUT2D eigenvalue weighted by Gasteiger charge is 2.21. The molecule has 0 spiro atoms. The topological polar surface area (TPSA) is 113 Å². The number of carbonyl (C=O) groups excluding carboxylic acids is 1. The van der Waals surface area contributed by atoms with Crippen LogP contribution in [0.25, 0.3) is 0 Å². The number of carbonyl (C=O) groups is 2. The molecule has 9 heteroatoms. The van der Waals surface area contributed by atoms with Crippen LogP contribution in [0.1, 0.15) is 29.9 Å². The smallest absolute Gasteiger partial charge is 0.348 e. The van der Waals surface area contributed by atoms with E-state index in [1.807, 2.05) is 0 Å². The lowest BCUT2D eigenvalue weighted by Gasteiger charge is -2.13. The second kappa shape index (κ2) is 6.82. The zero-order chi connectivity index (χ0) is 15.3. The first-order valence-corrected chi connectivity index (χ1v) is 8.41. The van der Waals surface area contributed by atoms with E-state index in [-0.39, 0.29) is 16.3 Å². The van der Waals surface area contributed by atoms with Crippen molar-refractivity contribution in [3.05, 3.63) is 16.3 Å².